The zero-order valence-corrected chi connectivity index (χ0v) is 14.7. The number of hydrogen-bond acceptors (Lipinski definition) is 3. The molecule has 136 valence electrons. The lowest BCUT2D eigenvalue weighted by atomic mass is 10.1. The van der Waals surface area contributed by atoms with Crippen LogP contribution in [0.1, 0.15) is 21.6 Å². The minimum atomic E-state index is -4.57. The summed E-state index contributed by atoms with van der Waals surface area (Å²) < 4.78 is 40.7. The predicted molar refractivity (Wildman–Crippen MR) is 94.1 cm³/mol. The molecule has 0 fully saturated rings. The summed E-state index contributed by atoms with van der Waals surface area (Å²) in [6, 6.07) is 10.6. The molecular formula is C18H16F3N3OS. The second-order valence-electron chi connectivity index (χ2n) is 5.67. The lowest BCUT2D eigenvalue weighted by Gasteiger charge is -2.13. The van der Waals surface area contributed by atoms with E-state index in [1.54, 1.807) is 16.0 Å². The third-order valence-corrected chi connectivity index (χ3v) is 4.73. The molecule has 2 aromatic heterocycles. The Morgan fingerprint density at radius 2 is 2.00 bits per heavy atom. The number of hydrogen-bond donors (Lipinski definition) is 1. The van der Waals surface area contributed by atoms with Gasteiger partial charge in [0, 0.05) is 12.2 Å². The van der Waals surface area contributed by atoms with Crippen molar-refractivity contribution in [1.82, 2.24) is 15.1 Å². The number of alkyl halides is 3. The molecule has 0 aliphatic carbocycles. The number of amides is 1. The van der Waals surface area contributed by atoms with Crippen LogP contribution in [0.3, 0.4) is 0 Å². The Morgan fingerprint density at radius 3 is 2.69 bits per heavy atom. The second kappa shape index (κ2) is 7.33. The molecule has 0 radical (unpaired) electrons. The van der Waals surface area contributed by atoms with Crippen LogP contribution in [0.25, 0.3) is 10.6 Å². The molecule has 1 N–H and O–H groups in total. The summed E-state index contributed by atoms with van der Waals surface area (Å²) >= 11 is 1.58. The predicted octanol–water partition coefficient (Wildman–Crippen LogP) is 4.37. The van der Waals surface area contributed by atoms with Crippen molar-refractivity contribution in [1.29, 1.82) is 0 Å². The molecule has 3 rings (SSSR count). The van der Waals surface area contributed by atoms with E-state index < -0.39 is 17.6 Å². The van der Waals surface area contributed by atoms with Crippen molar-refractivity contribution in [3.63, 3.8) is 0 Å². The Morgan fingerprint density at radius 1 is 1.23 bits per heavy atom. The zero-order valence-electron chi connectivity index (χ0n) is 13.9. The fourth-order valence-corrected chi connectivity index (χ4v) is 3.26. The van der Waals surface area contributed by atoms with Gasteiger partial charge in [0.1, 0.15) is 5.69 Å². The molecule has 4 nitrogen and oxygen atoms in total. The van der Waals surface area contributed by atoms with Crippen molar-refractivity contribution >= 4 is 17.2 Å². The lowest BCUT2D eigenvalue weighted by molar-refractivity contribution is -0.137. The molecule has 0 bridgehead atoms. The number of benzene rings is 1. The fourth-order valence-electron chi connectivity index (χ4n) is 2.58. The van der Waals surface area contributed by atoms with Gasteiger partial charge >= 0.3 is 6.18 Å². The monoisotopic (exact) mass is 379 g/mol. The summed E-state index contributed by atoms with van der Waals surface area (Å²) in [4.78, 5) is 13.2. The highest BCUT2D eigenvalue weighted by Crippen LogP contribution is 2.31. The van der Waals surface area contributed by atoms with Crippen molar-refractivity contribution < 1.29 is 18.0 Å². The normalized spacial score (nSPS) is 11.5. The zero-order chi connectivity index (χ0) is 18.7. The van der Waals surface area contributed by atoms with E-state index in [2.05, 4.69) is 10.4 Å². The van der Waals surface area contributed by atoms with E-state index in [0.29, 0.717) is 6.54 Å². The largest absolute Gasteiger partial charge is 0.417 e. The maximum absolute atomic E-state index is 13.0. The Balaban J connectivity index is 1.65. The van der Waals surface area contributed by atoms with Crippen LogP contribution in [0.5, 0.6) is 0 Å². The van der Waals surface area contributed by atoms with Crippen LogP contribution in [-0.2, 0) is 12.7 Å². The number of carbonyl (C=O) groups is 1. The Hall–Kier alpha value is -2.61. The summed E-state index contributed by atoms with van der Waals surface area (Å²) in [6.07, 6.45) is -4.57. The first-order valence-corrected chi connectivity index (χ1v) is 8.77. The molecule has 26 heavy (non-hydrogen) atoms. The number of thiophene rings is 1. The van der Waals surface area contributed by atoms with Gasteiger partial charge in [-0.15, -0.1) is 11.3 Å². The van der Waals surface area contributed by atoms with Gasteiger partial charge in [-0.1, -0.05) is 18.2 Å². The Bertz CT molecular complexity index is 901. The molecule has 0 aliphatic heterocycles. The van der Waals surface area contributed by atoms with Gasteiger partial charge in [-0.25, -0.2) is 0 Å². The molecule has 0 unspecified atom stereocenters. The van der Waals surface area contributed by atoms with Crippen LogP contribution in [0, 0.1) is 6.92 Å². The first-order chi connectivity index (χ1) is 12.4. The summed E-state index contributed by atoms with van der Waals surface area (Å²) in [5, 5.41) is 8.97. The minimum Gasteiger partial charge on any atom is -0.350 e. The quantitative estimate of drug-likeness (QED) is 0.716. The Labute approximate surface area is 152 Å². The van der Waals surface area contributed by atoms with Gasteiger partial charge in [0.25, 0.3) is 5.91 Å². The summed E-state index contributed by atoms with van der Waals surface area (Å²) in [6.45, 7) is 2.44. The van der Waals surface area contributed by atoms with Crippen molar-refractivity contribution in [2.45, 2.75) is 19.6 Å². The maximum Gasteiger partial charge on any atom is 0.417 e. The molecule has 0 aliphatic rings. The van der Waals surface area contributed by atoms with Crippen molar-refractivity contribution in [3.05, 3.63) is 64.7 Å². The molecule has 8 heteroatoms. The van der Waals surface area contributed by atoms with Crippen molar-refractivity contribution in [2.24, 2.45) is 0 Å². The third kappa shape index (κ3) is 3.96. The van der Waals surface area contributed by atoms with E-state index >= 15 is 0 Å². The van der Waals surface area contributed by atoms with Gasteiger partial charge in [0.15, 0.2) is 0 Å². The van der Waals surface area contributed by atoms with E-state index in [4.69, 9.17) is 0 Å². The van der Waals surface area contributed by atoms with Crippen LogP contribution in [0.15, 0.2) is 47.8 Å². The molecule has 3 aromatic rings. The maximum atomic E-state index is 13.0. The van der Waals surface area contributed by atoms with Crippen molar-refractivity contribution in [2.75, 3.05) is 6.54 Å². The average molecular weight is 379 g/mol. The number of rotatable bonds is 5. The first kappa shape index (κ1) is 18.2. The number of aromatic nitrogens is 2. The van der Waals surface area contributed by atoms with Crippen LogP contribution in [0.2, 0.25) is 0 Å². The van der Waals surface area contributed by atoms with E-state index in [0.717, 1.165) is 22.3 Å². The van der Waals surface area contributed by atoms with Gasteiger partial charge in [-0.3, -0.25) is 9.48 Å². The van der Waals surface area contributed by atoms with Gasteiger partial charge in [0.2, 0.25) is 0 Å². The molecule has 0 spiro atoms. The van der Waals surface area contributed by atoms with E-state index in [1.807, 2.05) is 30.5 Å². The number of nitrogens with one attached hydrogen (secondary N) is 1. The van der Waals surface area contributed by atoms with E-state index in [-0.39, 0.29) is 12.1 Å². The minimum absolute atomic E-state index is 0.178. The highest BCUT2D eigenvalue weighted by molar-refractivity contribution is 7.13. The fraction of sp³-hybridized carbons (Fsp3) is 0.222. The highest BCUT2D eigenvalue weighted by atomic mass is 32.1. The highest BCUT2D eigenvalue weighted by Gasteiger charge is 2.34. The van der Waals surface area contributed by atoms with Crippen molar-refractivity contribution in [3.8, 4) is 10.6 Å². The van der Waals surface area contributed by atoms with Gasteiger partial charge < -0.3 is 5.32 Å². The SMILES string of the molecule is Cc1cc(-c2cccs2)nn1CCNC(=O)c1ccccc1C(F)(F)F. The molecule has 0 saturated heterocycles. The average Bonchev–Trinajstić information content (AvgIpc) is 3.24. The van der Waals surface area contributed by atoms with Gasteiger partial charge in [0.05, 0.1) is 22.5 Å². The van der Waals surface area contributed by atoms with Gasteiger partial charge in [-0.2, -0.15) is 18.3 Å². The number of aryl methyl sites for hydroxylation is 1. The van der Waals surface area contributed by atoms with E-state index in [9.17, 15) is 18.0 Å². The lowest BCUT2D eigenvalue weighted by Crippen LogP contribution is -2.29. The molecular weight excluding hydrogens is 363 g/mol. The smallest absolute Gasteiger partial charge is 0.350 e. The molecule has 1 aromatic carbocycles. The van der Waals surface area contributed by atoms with Crippen LogP contribution < -0.4 is 5.32 Å². The number of nitrogens with zero attached hydrogens (tertiary/aromatic N) is 2. The summed E-state index contributed by atoms with van der Waals surface area (Å²) in [5.41, 5.74) is 0.439. The third-order valence-electron chi connectivity index (χ3n) is 3.84. The molecule has 2 heterocycles. The van der Waals surface area contributed by atoms with Crippen LogP contribution in [-0.4, -0.2) is 22.2 Å². The summed E-state index contributed by atoms with van der Waals surface area (Å²) in [7, 11) is 0. The number of halogens is 3. The topological polar surface area (TPSA) is 46.9 Å². The van der Waals surface area contributed by atoms with Crippen LogP contribution in [0.4, 0.5) is 13.2 Å². The molecule has 0 atom stereocenters. The standard InChI is InChI=1S/C18H16F3N3OS/c1-12-11-15(16-7-4-10-26-16)23-24(12)9-8-22-17(25)13-5-2-3-6-14(13)18(19,20)21/h2-7,10-11H,8-9H2,1H3,(H,22,25). The second-order valence-corrected chi connectivity index (χ2v) is 6.62. The number of carbonyl (C=O) groups excluding carboxylic acids is 1. The van der Waals surface area contributed by atoms with Gasteiger partial charge in [-0.05, 0) is 36.6 Å². The molecule has 0 saturated carbocycles. The first-order valence-electron chi connectivity index (χ1n) is 7.89. The van der Waals surface area contributed by atoms with Crippen LogP contribution >= 0.6 is 11.3 Å². The molecule has 1 amide bonds. The van der Waals surface area contributed by atoms with E-state index in [1.165, 1.54) is 18.2 Å². The summed E-state index contributed by atoms with van der Waals surface area (Å²) in [5.74, 6) is -0.749. The Kier molecular flexibility index (Phi) is 5.13.